The molecule has 0 N–H and O–H groups in total. The first-order valence-corrected chi connectivity index (χ1v) is 31.7. The molecule has 0 bridgehead atoms. The van der Waals surface area contributed by atoms with Crippen LogP contribution in [-0.4, -0.2) is 15.8 Å². The molecule has 0 saturated heterocycles. The molecule has 0 unspecified atom stereocenters. The fourth-order valence-corrected chi connectivity index (χ4v) is 15.4. The van der Waals surface area contributed by atoms with Gasteiger partial charge in [-0.1, -0.05) is 241 Å². The maximum atomic E-state index is 10.7. The molecule has 18 rings (SSSR count). The summed E-state index contributed by atoms with van der Waals surface area (Å²) in [5.41, 5.74) is 14.6. The number of anilines is 3. The zero-order valence-corrected chi connectivity index (χ0v) is 52.4. The molecule has 0 amide bonds. The summed E-state index contributed by atoms with van der Waals surface area (Å²) in [6.45, 7) is 12.4. The quantitative estimate of drug-likeness (QED) is 0.156. The maximum Gasteiger partial charge on any atom is 0.247 e. The van der Waals surface area contributed by atoms with E-state index in [1.54, 1.807) is 4.57 Å². The number of nitrogens with zero attached hydrogens (tertiary/aromatic N) is 4. The van der Waals surface area contributed by atoms with Crippen molar-refractivity contribution in [2.45, 2.75) is 57.8 Å². The van der Waals surface area contributed by atoms with E-state index >= 15 is 0 Å². The minimum Gasteiger partial charge on any atom is -0.457 e. The van der Waals surface area contributed by atoms with E-state index in [4.69, 9.17) is 11.6 Å². The maximum absolute atomic E-state index is 10.7. The minimum absolute atomic E-state index is 0.0158. The van der Waals surface area contributed by atoms with E-state index in [0.717, 1.165) is 99.5 Å². The topological polar surface area (TPSA) is 46.1 Å². The first kappa shape index (κ1) is 43.4. The van der Waals surface area contributed by atoms with Crippen molar-refractivity contribution in [3.8, 4) is 62.3 Å². The Balaban J connectivity index is 1.10. The number of ether oxygens (including phenoxy) is 1. The fourth-order valence-electron chi connectivity index (χ4n) is 15.4. The number of benzene rings is 13. The van der Waals surface area contributed by atoms with Crippen LogP contribution in [0.5, 0.6) is 11.5 Å². The van der Waals surface area contributed by atoms with Crippen LogP contribution in [0.25, 0.3) is 88.4 Å². The second-order valence-electron chi connectivity index (χ2n) is 26.9. The molecule has 6 heteroatoms. The Kier molecular flexibility index (Phi) is 9.49. The third-order valence-corrected chi connectivity index (χ3v) is 19.7. The lowest BCUT2D eigenvalue weighted by atomic mass is 9.29. The van der Waals surface area contributed by atoms with Crippen LogP contribution < -0.4 is 26.0 Å². The highest BCUT2D eigenvalue weighted by molar-refractivity contribution is 6.99. The highest BCUT2D eigenvalue weighted by atomic mass is 16.5. The Morgan fingerprint density at radius 1 is 0.415 bits per heavy atom. The number of hydrogen-bond acceptors (Lipinski definition) is 3. The van der Waals surface area contributed by atoms with Gasteiger partial charge in [-0.3, -0.25) is 0 Å². The monoisotopic (exact) mass is 1220 g/mol. The second kappa shape index (κ2) is 20.6. The van der Waals surface area contributed by atoms with Gasteiger partial charge in [-0.05, 0) is 157 Å². The Morgan fingerprint density at radius 3 is 1.60 bits per heavy atom. The molecule has 0 fully saturated rings. The number of rotatable bonds is 6. The van der Waals surface area contributed by atoms with E-state index in [0.29, 0.717) is 45.4 Å². The summed E-state index contributed by atoms with van der Waals surface area (Å²) < 4.78 is 133. The number of nitriles is 1. The van der Waals surface area contributed by atoms with E-state index in [2.05, 4.69) is 136 Å². The van der Waals surface area contributed by atoms with Crippen LogP contribution in [0.4, 0.5) is 17.1 Å². The van der Waals surface area contributed by atoms with Gasteiger partial charge in [0.25, 0.3) is 0 Å². The first-order valence-electron chi connectivity index (χ1n) is 38.2. The molecule has 94 heavy (non-hydrogen) atoms. The smallest absolute Gasteiger partial charge is 0.247 e. The molecule has 5 heterocycles. The van der Waals surface area contributed by atoms with Crippen molar-refractivity contribution < 1.29 is 22.6 Å². The molecule has 0 atom stereocenters. The molecule has 0 saturated carbocycles. The molecule has 446 valence electrons. The summed E-state index contributed by atoms with van der Waals surface area (Å²) >= 11 is 0. The fraction of sp³-hybridized carbons (Fsp3) is 0.102. The van der Waals surface area contributed by atoms with E-state index < -0.39 is 84.0 Å². The summed E-state index contributed by atoms with van der Waals surface area (Å²) in [7, 11) is 0. The Bertz CT molecular complexity index is 6310. The average molecular weight is 1220 g/mol. The largest absolute Gasteiger partial charge is 0.457 e. The van der Waals surface area contributed by atoms with Gasteiger partial charge in [-0.2, -0.15) is 5.26 Å². The number of aromatic nitrogens is 2. The molecule has 3 aliphatic heterocycles. The third-order valence-electron chi connectivity index (χ3n) is 19.7. The molecule has 3 aliphatic rings. The Hall–Kier alpha value is -11.4. The van der Waals surface area contributed by atoms with Crippen molar-refractivity contribution in [1.82, 2.24) is 9.13 Å². The van der Waals surface area contributed by atoms with Gasteiger partial charge in [0.05, 0.1) is 62.6 Å². The predicted octanol–water partition coefficient (Wildman–Crippen LogP) is 20.4. The lowest BCUT2D eigenvalue weighted by Crippen LogP contribution is -2.65. The summed E-state index contributed by atoms with van der Waals surface area (Å²) in [4.78, 5) is 2.34. The lowest BCUT2D eigenvalue weighted by Gasteiger charge is -2.50. The van der Waals surface area contributed by atoms with Crippen molar-refractivity contribution >= 4 is 83.8 Å². The molecular weight excluding hydrogens is 1140 g/mol. The van der Waals surface area contributed by atoms with Crippen LogP contribution >= 0.6 is 0 Å². The van der Waals surface area contributed by atoms with Gasteiger partial charge in [0.2, 0.25) is 6.71 Å². The number of para-hydroxylation sites is 4. The summed E-state index contributed by atoms with van der Waals surface area (Å²) in [6.07, 6.45) is 0. The third kappa shape index (κ3) is 8.14. The van der Waals surface area contributed by atoms with Crippen LogP contribution in [-0.2, 0) is 16.2 Å². The minimum atomic E-state index is -1.38. The van der Waals surface area contributed by atoms with Gasteiger partial charge in [-0.15, -0.1) is 0 Å². The SMILES string of the molecule is [2H]c1c([2H])c([2H])c(-c2ccc3c(c2)C2(c4ccccc4Oc4ccccc42)c2cc(-n4c5ccc(C#N)cc5c5cc(C(C)(C)C)ccc54)cc4c2B3c2ccc(-n3c5c([2H])c([2H])c([2H])c([2H])c5c5c([2H])c([2H])c([2H])c([2H])c53)cc2N4c2c(-c3ccccc3)cc(C(C)(C)C)cc2-c2ccccc2)c([2H])c1[2H]. The van der Waals surface area contributed by atoms with Crippen molar-refractivity contribution in [2.24, 2.45) is 0 Å². The van der Waals surface area contributed by atoms with Crippen molar-refractivity contribution in [2.75, 3.05) is 4.90 Å². The van der Waals surface area contributed by atoms with E-state index in [1.807, 2.05) is 127 Å². The Morgan fingerprint density at radius 2 is 0.968 bits per heavy atom. The van der Waals surface area contributed by atoms with E-state index in [-0.39, 0.29) is 44.9 Å². The summed E-state index contributed by atoms with van der Waals surface area (Å²) in [5, 5.41) is 12.4. The standard InChI is InChI=1S/C88H65BN4O/c1-86(2,3)60-40-45-79-69(48-60)68-46-55(54-90)38-44-78(68)92(79)63-51-73-84-81(53-63)93(85-66(57-26-12-8-13-27-57)49-61(87(4,5)6)50-67(85)58-28-14-9-15-29-58)80-52-62(91-76-34-20-16-30-64(76)65-31-17-21-35-77(65)91)41-43-75(80)89(84)74-42-39-59(56-24-10-7-11-25-56)47-72(74)88(73)70-32-18-22-36-82(70)94-83-37-23-19-33-71(83)88/h7-53H,1-6H3/i7D,10D,11D,16D,17D,20D,21D,24D,25D,30D,31D,34D,35D. The molecule has 1 spiro atoms. The average Bonchev–Trinajstić information content (AvgIpc) is 1.11. The number of hydrogen-bond donors (Lipinski definition) is 0. The van der Waals surface area contributed by atoms with Gasteiger partial charge in [0.15, 0.2) is 0 Å². The second-order valence-corrected chi connectivity index (χ2v) is 26.9. The van der Waals surface area contributed by atoms with Crippen molar-refractivity contribution in [3.63, 3.8) is 0 Å². The zero-order chi connectivity index (χ0) is 74.7. The van der Waals surface area contributed by atoms with E-state index in [9.17, 15) is 16.2 Å². The molecule has 0 aliphatic carbocycles. The van der Waals surface area contributed by atoms with Gasteiger partial charge in [0, 0.05) is 66.5 Å². The van der Waals surface area contributed by atoms with Crippen molar-refractivity contribution in [3.05, 3.63) is 324 Å². The first-order chi connectivity index (χ1) is 51.2. The Labute approximate surface area is 567 Å². The molecular formula is C88H65BN4O. The van der Waals surface area contributed by atoms with Gasteiger partial charge >= 0.3 is 0 Å². The van der Waals surface area contributed by atoms with Crippen LogP contribution in [0.15, 0.2) is 285 Å². The van der Waals surface area contributed by atoms with Crippen LogP contribution in [0, 0.1) is 11.3 Å². The van der Waals surface area contributed by atoms with E-state index in [1.165, 1.54) is 0 Å². The van der Waals surface area contributed by atoms with Crippen LogP contribution in [0.2, 0.25) is 0 Å². The summed E-state index contributed by atoms with van der Waals surface area (Å²) in [6, 6.07) is 65.9. The van der Waals surface area contributed by atoms with Crippen LogP contribution in [0.3, 0.4) is 0 Å². The molecule has 2 aromatic heterocycles. The molecule has 0 radical (unpaired) electrons. The van der Waals surface area contributed by atoms with Gasteiger partial charge in [-0.25, -0.2) is 0 Å². The summed E-state index contributed by atoms with van der Waals surface area (Å²) in [5.74, 6) is 1.13. The predicted molar refractivity (Wildman–Crippen MR) is 391 cm³/mol. The highest BCUT2D eigenvalue weighted by Gasteiger charge is 2.55. The van der Waals surface area contributed by atoms with Gasteiger partial charge in [0.1, 0.15) is 11.5 Å². The lowest BCUT2D eigenvalue weighted by molar-refractivity contribution is 0.435. The molecule has 13 aromatic carbocycles. The molecule has 5 nitrogen and oxygen atoms in total. The zero-order valence-electron chi connectivity index (χ0n) is 65.4. The normalized spacial score (nSPS) is 15.5. The van der Waals surface area contributed by atoms with Crippen molar-refractivity contribution in [1.29, 1.82) is 5.26 Å². The molecule has 15 aromatic rings. The van der Waals surface area contributed by atoms with Crippen LogP contribution in [0.1, 0.15) is 98.3 Å². The number of fused-ring (bicyclic) bond motifs is 16. The van der Waals surface area contributed by atoms with Gasteiger partial charge < -0.3 is 18.8 Å². The highest BCUT2D eigenvalue weighted by Crippen LogP contribution is 2.59.